The zero-order valence-electron chi connectivity index (χ0n) is 11.6. The zero-order valence-corrected chi connectivity index (χ0v) is 14.0. The van der Waals surface area contributed by atoms with E-state index >= 15 is 0 Å². The van der Waals surface area contributed by atoms with E-state index in [9.17, 15) is 5.21 Å². The largest absolute Gasteiger partial charge is 0.618 e. The van der Waals surface area contributed by atoms with Crippen LogP contribution in [0.25, 0.3) is 0 Å². The summed E-state index contributed by atoms with van der Waals surface area (Å²) in [5.74, 6) is 0.698. The van der Waals surface area contributed by atoms with Gasteiger partial charge in [-0.15, -0.1) is 11.3 Å². The minimum absolute atomic E-state index is 0.690. The molecule has 0 amide bonds. The number of thiazole rings is 1. The fourth-order valence-electron chi connectivity index (χ4n) is 1.95. The summed E-state index contributed by atoms with van der Waals surface area (Å²) in [5.41, 5.74) is 2.20. The molecule has 0 aliphatic rings. The van der Waals surface area contributed by atoms with E-state index in [-0.39, 0.29) is 0 Å². The minimum atomic E-state index is 0.690. The first-order chi connectivity index (χ1) is 10.7. The summed E-state index contributed by atoms with van der Waals surface area (Å²) in [5, 5.41) is 16.1. The molecule has 0 unspecified atom stereocenters. The third-order valence-electron chi connectivity index (χ3n) is 3.02. The second-order valence-corrected chi connectivity index (χ2v) is 7.06. The standard InChI is InChI=1S/C16H13ClN2OS2/c17-13-6-4-12(5-7-13)9-15-18-14(10-21-15)11-22-16-3-1-2-8-19(16)20/h1-8,10H,9,11H2. The van der Waals surface area contributed by atoms with Crippen molar-refractivity contribution < 1.29 is 4.73 Å². The highest BCUT2D eigenvalue weighted by molar-refractivity contribution is 7.98. The number of rotatable bonds is 5. The summed E-state index contributed by atoms with van der Waals surface area (Å²) in [6.07, 6.45) is 2.31. The number of pyridine rings is 1. The summed E-state index contributed by atoms with van der Waals surface area (Å²) in [7, 11) is 0. The molecule has 3 rings (SSSR count). The molecular weight excluding hydrogens is 336 g/mol. The van der Waals surface area contributed by atoms with Crippen molar-refractivity contribution in [2.45, 2.75) is 17.2 Å². The lowest BCUT2D eigenvalue weighted by Crippen LogP contribution is -2.27. The molecule has 6 heteroatoms. The second kappa shape index (κ2) is 7.13. The maximum absolute atomic E-state index is 11.6. The average Bonchev–Trinajstić information content (AvgIpc) is 2.96. The van der Waals surface area contributed by atoms with Gasteiger partial charge in [0.15, 0.2) is 6.20 Å². The van der Waals surface area contributed by atoms with Gasteiger partial charge in [0.1, 0.15) is 0 Å². The van der Waals surface area contributed by atoms with Crippen LogP contribution in [0.5, 0.6) is 0 Å². The Bertz CT molecular complexity index is 759. The fraction of sp³-hybridized carbons (Fsp3) is 0.125. The van der Waals surface area contributed by atoms with E-state index in [4.69, 9.17) is 11.6 Å². The molecule has 3 nitrogen and oxygen atoms in total. The van der Waals surface area contributed by atoms with E-state index in [2.05, 4.69) is 10.4 Å². The molecule has 0 N–H and O–H groups in total. The Hall–Kier alpha value is -1.56. The molecule has 2 aromatic heterocycles. The van der Waals surface area contributed by atoms with Crippen molar-refractivity contribution in [1.82, 2.24) is 4.98 Å². The molecule has 0 spiro atoms. The smallest absolute Gasteiger partial charge is 0.251 e. The highest BCUT2D eigenvalue weighted by Crippen LogP contribution is 2.22. The normalized spacial score (nSPS) is 10.8. The molecule has 0 fully saturated rings. The first-order valence-electron chi connectivity index (χ1n) is 6.69. The Labute approximate surface area is 142 Å². The van der Waals surface area contributed by atoms with Crippen molar-refractivity contribution >= 4 is 34.7 Å². The molecule has 1 aromatic carbocycles. The van der Waals surface area contributed by atoms with Crippen molar-refractivity contribution in [1.29, 1.82) is 0 Å². The number of aromatic nitrogens is 2. The molecule has 0 bridgehead atoms. The monoisotopic (exact) mass is 348 g/mol. The van der Waals surface area contributed by atoms with Gasteiger partial charge in [0.25, 0.3) is 5.03 Å². The molecule has 22 heavy (non-hydrogen) atoms. The van der Waals surface area contributed by atoms with E-state index in [1.54, 1.807) is 17.4 Å². The van der Waals surface area contributed by atoms with Gasteiger partial charge in [0.05, 0.1) is 10.7 Å². The van der Waals surface area contributed by atoms with Gasteiger partial charge in [0, 0.05) is 34.7 Å². The maximum Gasteiger partial charge on any atom is 0.251 e. The van der Waals surface area contributed by atoms with E-state index in [0.717, 1.165) is 26.9 Å². The Morgan fingerprint density at radius 1 is 1.18 bits per heavy atom. The Kier molecular flexibility index (Phi) is 4.97. The molecule has 0 aliphatic carbocycles. The van der Waals surface area contributed by atoms with Gasteiger partial charge in [0.2, 0.25) is 0 Å². The number of hydrogen-bond donors (Lipinski definition) is 0. The topological polar surface area (TPSA) is 39.8 Å². The highest BCUT2D eigenvalue weighted by Gasteiger charge is 2.08. The van der Waals surface area contributed by atoms with Crippen LogP contribution in [0.4, 0.5) is 0 Å². The Balaban J connectivity index is 1.61. The Morgan fingerprint density at radius 3 is 2.77 bits per heavy atom. The van der Waals surface area contributed by atoms with Gasteiger partial charge in [-0.25, -0.2) is 4.98 Å². The number of benzene rings is 1. The molecule has 0 atom stereocenters. The third-order valence-corrected chi connectivity index (χ3v) is 5.23. The minimum Gasteiger partial charge on any atom is -0.618 e. The van der Waals surface area contributed by atoms with Crippen LogP contribution < -0.4 is 4.73 Å². The quantitative estimate of drug-likeness (QED) is 0.392. The number of nitrogens with zero attached hydrogens (tertiary/aromatic N) is 2. The molecule has 2 heterocycles. The van der Waals surface area contributed by atoms with Crippen LogP contribution in [0, 0.1) is 5.21 Å². The second-order valence-electron chi connectivity index (χ2n) is 4.69. The van der Waals surface area contributed by atoms with Gasteiger partial charge >= 0.3 is 0 Å². The van der Waals surface area contributed by atoms with Crippen molar-refractivity contribution in [3.05, 3.63) is 80.5 Å². The first-order valence-corrected chi connectivity index (χ1v) is 8.94. The highest BCUT2D eigenvalue weighted by atomic mass is 35.5. The predicted molar refractivity (Wildman–Crippen MR) is 91.3 cm³/mol. The van der Waals surface area contributed by atoms with Crippen LogP contribution >= 0.6 is 34.7 Å². The van der Waals surface area contributed by atoms with Crippen LogP contribution in [-0.2, 0) is 12.2 Å². The van der Waals surface area contributed by atoms with Crippen molar-refractivity contribution in [2.24, 2.45) is 0 Å². The zero-order chi connectivity index (χ0) is 15.4. The summed E-state index contributed by atoms with van der Waals surface area (Å²) in [6, 6.07) is 13.2. The molecule has 0 saturated heterocycles. The summed E-state index contributed by atoms with van der Waals surface area (Å²) in [6.45, 7) is 0. The summed E-state index contributed by atoms with van der Waals surface area (Å²) >= 11 is 9.03. The summed E-state index contributed by atoms with van der Waals surface area (Å²) in [4.78, 5) is 4.63. The van der Waals surface area contributed by atoms with Gasteiger partial charge in [-0.3, -0.25) is 0 Å². The number of thioether (sulfide) groups is 1. The fourth-order valence-corrected chi connectivity index (χ4v) is 3.81. The molecule has 0 aliphatic heterocycles. The molecule has 112 valence electrons. The van der Waals surface area contributed by atoms with Crippen LogP contribution in [0.15, 0.2) is 59.1 Å². The van der Waals surface area contributed by atoms with Crippen molar-refractivity contribution in [3.8, 4) is 0 Å². The van der Waals surface area contributed by atoms with Gasteiger partial charge < -0.3 is 5.21 Å². The van der Waals surface area contributed by atoms with Crippen LogP contribution in [0.2, 0.25) is 5.02 Å². The lowest BCUT2D eigenvalue weighted by molar-refractivity contribution is -0.645. The maximum atomic E-state index is 11.6. The van der Waals surface area contributed by atoms with Crippen molar-refractivity contribution in [3.63, 3.8) is 0 Å². The first kappa shape index (κ1) is 15.3. The van der Waals surface area contributed by atoms with Crippen molar-refractivity contribution in [2.75, 3.05) is 0 Å². The molecular formula is C16H13ClN2OS2. The van der Waals surface area contributed by atoms with E-state index in [1.807, 2.05) is 36.4 Å². The lowest BCUT2D eigenvalue weighted by atomic mass is 10.2. The molecule has 3 aromatic rings. The average molecular weight is 349 g/mol. The van der Waals surface area contributed by atoms with E-state index < -0.39 is 0 Å². The van der Waals surface area contributed by atoms with E-state index in [1.165, 1.54) is 23.5 Å². The summed E-state index contributed by atoms with van der Waals surface area (Å²) < 4.78 is 0.881. The lowest BCUT2D eigenvalue weighted by Gasteiger charge is -2.01. The van der Waals surface area contributed by atoms with Crippen LogP contribution in [0.1, 0.15) is 16.3 Å². The Morgan fingerprint density at radius 2 is 2.00 bits per heavy atom. The predicted octanol–water partition coefficient (Wildman–Crippen LogP) is 4.31. The van der Waals surface area contributed by atoms with Crippen LogP contribution in [0.3, 0.4) is 0 Å². The molecule has 0 saturated carbocycles. The SMILES string of the molecule is [O-][n+]1ccccc1SCc1csc(Cc2ccc(Cl)cc2)n1. The van der Waals surface area contributed by atoms with Gasteiger partial charge in [-0.05, 0) is 35.5 Å². The number of halogens is 1. The van der Waals surface area contributed by atoms with Crippen LogP contribution in [-0.4, -0.2) is 4.98 Å². The molecule has 0 radical (unpaired) electrons. The number of hydrogen-bond acceptors (Lipinski definition) is 4. The van der Waals surface area contributed by atoms with E-state index in [0.29, 0.717) is 10.8 Å². The third kappa shape index (κ3) is 4.00. The van der Waals surface area contributed by atoms with Gasteiger partial charge in [-0.1, -0.05) is 23.7 Å². The van der Waals surface area contributed by atoms with Gasteiger partial charge in [-0.2, -0.15) is 4.73 Å².